The SMILES string of the molecule is CCC(O[Si](C)(C)C(CC)(CC)O[Si](C)(C)CCC(=O)O)[Si](C)(C)CCC(=O)O. The second kappa shape index (κ2) is 11.2. The van der Waals surface area contributed by atoms with Gasteiger partial charge >= 0.3 is 11.9 Å². The Labute approximate surface area is 180 Å². The Morgan fingerprint density at radius 1 is 0.862 bits per heavy atom. The van der Waals surface area contributed by atoms with Crippen molar-refractivity contribution in [2.45, 2.75) is 115 Å². The molecule has 2 N–H and O–H groups in total. The van der Waals surface area contributed by atoms with E-state index >= 15 is 0 Å². The van der Waals surface area contributed by atoms with E-state index in [0.717, 1.165) is 19.3 Å². The fourth-order valence-corrected chi connectivity index (χ4v) is 15.5. The Hall–Kier alpha value is -0.489. The second-order valence-electron chi connectivity index (χ2n) is 9.86. The molecule has 0 saturated carbocycles. The van der Waals surface area contributed by atoms with Crippen molar-refractivity contribution in [1.29, 1.82) is 0 Å². The molecule has 0 aromatic rings. The standard InChI is InChI=1S/C20H44O6Si3/c1-10-19(27(4,5)15-13-17(21)22)25-29(8,9)20(11-2,12-3)26-28(6,7)16-14-18(23)24/h19H,10-16H2,1-9H3,(H,21,22)(H,23,24). The minimum Gasteiger partial charge on any atom is -0.481 e. The second-order valence-corrected chi connectivity index (χ2v) is 23.4. The van der Waals surface area contributed by atoms with Crippen molar-refractivity contribution < 1.29 is 28.7 Å². The summed E-state index contributed by atoms with van der Waals surface area (Å²) < 4.78 is 13.7. The summed E-state index contributed by atoms with van der Waals surface area (Å²) in [5.41, 5.74) is 0.0911. The minimum absolute atomic E-state index is 0.0911. The summed E-state index contributed by atoms with van der Waals surface area (Å²) in [5.74, 6) is -1.53. The maximum absolute atomic E-state index is 11.1. The van der Waals surface area contributed by atoms with Crippen molar-refractivity contribution >= 4 is 36.6 Å². The van der Waals surface area contributed by atoms with Crippen molar-refractivity contribution in [2.75, 3.05) is 0 Å². The maximum atomic E-state index is 11.1. The normalized spacial score (nSPS) is 14.7. The molecule has 0 amide bonds. The number of carboxylic acids is 2. The Kier molecular flexibility index (Phi) is 11.0. The third kappa shape index (κ3) is 8.64. The van der Waals surface area contributed by atoms with Crippen LogP contribution >= 0.6 is 0 Å². The summed E-state index contributed by atoms with van der Waals surface area (Å²) in [7, 11) is -6.42. The van der Waals surface area contributed by atoms with Crippen LogP contribution in [-0.4, -0.2) is 57.8 Å². The molecule has 0 aromatic heterocycles. The Balaban J connectivity index is 5.66. The summed E-state index contributed by atoms with van der Waals surface area (Å²) in [4.78, 5) is 22.2. The predicted molar refractivity (Wildman–Crippen MR) is 126 cm³/mol. The van der Waals surface area contributed by atoms with Gasteiger partial charge in [-0.1, -0.05) is 33.9 Å². The molecule has 0 aliphatic carbocycles. The lowest BCUT2D eigenvalue weighted by molar-refractivity contribution is -0.137. The van der Waals surface area contributed by atoms with Crippen LogP contribution in [-0.2, 0) is 18.4 Å². The van der Waals surface area contributed by atoms with Crippen LogP contribution in [0.4, 0.5) is 0 Å². The largest absolute Gasteiger partial charge is 0.481 e. The number of hydrogen-bond acceptors (Lipinski definition) is 4. The Morgan fingerprint density at radius 2 is 1.31 bits per heavy atom. The van der Waals surface area contributed by atoms with Gasteiger partial charge < -0.3 is 19.1 Å². The number of rotatable bonds is 15. The van der Waals surface area contributed by atoms with E-state index in [0.29, 0.717) is 12.1 Å². The van der Waals surface area contributed by atoms with E-state index in [9.17, 15) is 9.59 Å². The molecule has 172 valence electrons. The van der Waals surface area contributed by atoms with Crippen LogP contribution in [0.1, 0.15) is 52.9 Å². The van der Waals surface area contributed by atoms with E-state index < -0.39 is 36.6 Å². The van der Waals surface area contributed by atoms with Gasteiger partial charge in [0.1, 0.15) is 0 Å². The predicted octanol–water partition coefficient (Wildman–Crippen LogP) is 5.50. The van der Waals surface area contributed by atoms with Gasteiger partial charge in [-0.05, 0) is 57.5 Å². The van der Waals surface area contributed by atoms with Gasteiger partial charge in [0.2, 0.25) is 8.32 Å². The van der Waals surface area contributed by atoms with E-state index in [1.165, 1.54) is 0 Å². The molecule has 0 aliphatic heterocycles. The van der Waals surface area contributed by atoms with E-state index in [4.69, 9.17) is 19.1 Å². The van der Waals surface area contributed by atoms with Gasteiger partial charge in [0, 0.05) is 18.6 Å². The van der Waals surface area contributed by atoms with Crippen LogP contribution in [0.3, 0.4) is 0 Å². The first-order valence-electron chi connectivity index (χ1n) is 10.9. The number of aliphatic carboxylic acids is 2. The van der Waals surface area contributed by atoms with Gasteiger partial charge in [0.15, 0.2) is 8.32 Å². The fourth-order valence-electron chi connectivity index (χ4n) is 4.21. The summed E-state index contributed by atoms with van der Waals surface area (Å²) in [6.07, 6.45) is 2.87. The average Bonchev–Trinajstić information content (AvgIpc) is 2.60. The molecule has 9 heteroatoms. The van der Waals surface area contributed by atoms with Gasteiger partial charge in [0.05, 0.1) is 13.3 Å². The molecule has 0 radical (unpaired) electrons. The molecule has 0 spiro atoms. The van der Waals surface area contributed by atoms with E-state index in [2.05, 4.69) is 60.1 Å². The quantitative estimate of drug-likeness (QED) is 0.311. The van der Waals surface area contributed by atoms with Crippen LogP contribution in [0.5, 0.6) is 0 Å². The topological polar surface area (TPSA) is 93.1 Å². The average molecular weight is 465 g/mol. The van der Waals surface area contributed by atoms with Crippen molar-refractivity contribution in [1.82, 2.24) is 0 Å². The molecule has 0 aliphatic rings. The molecule has 6 nitrogen and oxygen atoms in total. The monoisotopic (exact) mass is 464 g/mol. The van der Waals surface area contributed by atoms with E-state index in [1.807, 2.05) is 0 Å². The highest BCUT2D eigenvalue weighted by Gasteiger charge is 2.52. The van der Waals surface area contributed by atoms with E-state index in [1.54, 1.807) is 0 Å². The summed E-state index contributed by atoms with van der Waals surface area (Å²) >= 11 is 0. The molecule has 29 heavy (non-hydrogen) atoms. The van der Waals surface area contributed by atoms with Gasteiger partial charge in [-0.15, -0.1) is 0 Å². The highest BCUT2D eigenvalue weighted by Crippen LogP contribution is 2.39. The first-order valence-corrected chi connectivity index (χ1v) is 20.2. The fraction of sp³-hybridized carbons (Fsp3) is 0.900. The minimum atomic E-state index is -2.35. The lowest BCUT2D eigenvalue weighted by Gasteiger charge is -2.50. The highest BCUT2D eigenvalue weighted by atomic mass is 28.4. The van der Waals surface area contributed by atoms with Gasteiger partial charge in [-0.3, -0.25) is 9.59 Å². The summed E-state index contributed by atoms with van der Waals surface area (Å²) in [5, 5.41) is 17.8. The van der Waals surface area contributed by atoms with Crippen molar-refractivity contribution in [3.63, 3.8) is 0 Å². The third-order valence-electron chi connectivity index (χ3n) is 6.31. The van der Waals surface area contributed by atoms with Crippen molar-refractivity contribution in [3.05, 3.63) is 0 Å². The highest BCUT2D eigenvalue weighted by molar-refractivity contribution is 6.81. The molecule has 0 fully saturated rings. The zero-order valence-corrected chi connectivity index (χ0v) is 23.1. The van der Waals surface area contributed by atoms with Gasteiger partial charge in [0.25, 0.3) is 0 Å². The molecular formula is C20H44O6Si3. The molecule has 0 aromatic carbocycles. The van der Waals surface area contributed by atoms with Crippen LogP contribution in [0.25, 0.3) is 0 Å². The third-order valence-corrected chi connectivity index (χ3v) is 16.8. The lowest BCUT2D eigenvalue weighted by Crippen LogP contribution is -2.64. The number of hydrogen-bond donors (Lipinski definition) is 2. The Bertz CT molecular complexity index is 544. The first-order chi connectivity index (χ1) is 13.1. The molecular weight excluding hydrogens is 420 g/mol. The molecule has 1 atom stereocenters. The number of carboxylic acid groups (broad SMARTS) is 2. The van der Waals surface area contributed by atoms with Crippen LogP contribution in [0.2, 0.25) is 51.4 Å². The van der Waals surface area contributed by atoms with Gasteiger partial charge in [-0.2, -0.15) is 0 Å². The van der Waals surface area contributed by atoms with Crippen LogP contribution in [0, 0.1) is 0 Å². The van der Waals surface area contributed by atoms with Crippen LogP contribution < -0.4 is 0 Å². The van der Waals surface area contributed by atoms with Crippen LogP contribution in [0.15, 0.2) is 0 Å². The summed E-state index contributed by atoms with van der Waals surface area (Å²) in [6, 6.07) is 1.29. The molecule has 0 bridgehead atoms. The van der Waals surface area contributed by atoms with Crippen molar-refractivity contribution in [2.24, 2.45) is 0 Å². The summed E-state index contributed by atoms with van der Waals surface area (Å²) in [6.45, 7) is 19.5. The zero-order chi connectivity index (χ0) is 23.1. The zero-order valence-electron chi connectivity index (χ0n) is 20.1. The molecule has 0 heterocycles. The van der Waals surface area contributed by atoms with Crippen molar-refractivity contribution in [3.8, 4) is 0 Å². The van der Waals surface area contributed by atoms with Gasteiger partial charge in [-0.25, -0.2) is 0 Å². The molecule has 0 rings (SSSR count). The smallest absolute Gasteiger partial charge is 0.303 e. The first kappa shape index (κ1) is 28.5. The molecule has 0 saturated heterocycles. The van der Waals surface area contributed by atoms with E-state index in [-0.39, 0.29) is 23.8 Å². The molecule has 1 unspecified atom stereocenters. The number of carbonyl (C=O) groups is 2. The maximum Gasteiger partial charge on any atom is 0.303 e. The lowest BCUT2D eigenvalue weighted by atomic mass is 10.2. The Morgan fingerprint density at radius 3 is 1.69 bits per heavy atom.